The van der Waals surface area contributed by atoms with Crippen molar-refractivity contribution in [3.63, 3.8) is 0 Å². The van der Waals surface area contributed by atoms with Gasteiger partial charge in [-0.05, 0) is 50.6 Å². The Morgan fingerprint density at radius 3 is 2.72 bits per heavy atom. The molecule has 1 aromatic heterocycles. The number of carbonyl (C=O) groups is 1. The maximum Gasteiger partial charge on any atom is 0.326 e. The largest absolute Gasteiger partial charge is 0.486 e. The van der Waals surface area contributed by atoms with Crippen LogP contribution in [-0.2, 0) is 22.7 Å². The Labute approximate surface area is 147 Å². The summed E-state index contributed by atoms with van der Waals surface area (Å²) in [7, 11) is 0. The number of para-hydroxylation sites is 2. The third-order valence-electron chi connectivity index (χ3n) is 3.75. The zero-order valence-corrected chi connectivity index (χ0v) is 14.7. The van der Waals surface area contributed by atoms with Gasteiger partial charge in [0.1, 0.15) is 24.7 Å². The Balaban J connectivity index is 1.85. The number of benzene rings is 2. The van der Waals surface area contributed by atoms with Crippen molar-refractivity contribution >= 4 is 17.0 Å². The Bertz CT molecular complexity index is 884. The van der Waals surface area contributed by atoms with Crippen LogP contribution in [0.3, 0.4) is 0 Å². The van der Waals surface area contributed by atoms with Crippen LogP contribution in [0.15, 0.2) is 48.5 Å². The van der Waals surface area contributed by atoms with Crippen LogP contribution in [0.4, 0.5) is 0 Å². The molecule has 0 saturated carbocycles. The second-order valence-electron chi connectivity index (χ2n) is 6.25. The van der Waals surface area contributed by atoms with Crippen molar-refractivity contribution < 1.29 is 14.3 Å². The molecule has 0 amide bonds. The van der Waals surface area contributed by atoms with Gasteiger partial charge in [-0.1, -0.05) is 24.3 Å². The molecule has 0 radical (unpaired) electrons. The quantitative estimate of drug-likeness (QED) is 0.640. The van der Waals surface area contributed by atoms with E-state index in [1.165, 1.54) is 0 Å². The van der Waals surface area contributed by atoms with Gasteiger partial charge in [-0.15, -0.1) is 0 Å². The zero-order valence-electron chi connectivity index (χ0n) is 14.7. The maximum absolute atomic E-state index is 12.1. The predicted molar refractivity (Wildman–Crippen MR) is 96.5 cm³/mol. The lowest BCUT2D eigenvalue weighted by Gasteiger charge is -2.12. The van der Waals surface area contributed by atoms with Gasteiger partial charge < -0.3 is 14.0 Å². The second kappa shape index (κ2) is 7.38. The van der Waals surface area contributed by atoms with Gasteiger partial charge in [-0.25, -0.2) is 4.98 Å². The highest BCUT2D eigenvalue weighted by atomic mass is 16.5. The fourth-order valence-electron chi connectivity index (χ4n) is 2.69. The fourth-order valence-corrected chi connectivity index (χ4v) is 2.69. The summed E-state index contributed by atoms with van der Waals surface area (Å²) in [5.41, 5.74) is 2.86. The van der Waals surface area contributed by atoms with Crippen LogP contribution in [0, 0.1) is 6.92 Å². The first-order valence-electron chi connectivity index (χ1n) is 8.36. The average Bonchev–Trinajstić information content (AvgIpc) is 2.90. The number of ether oxygens (including phenoxy) is 2. The monoisotopic (exact) mass is 338 g/mol. The number of esters is 1. The molecule has 3 rings (SSSR count). The molecule has 1 heterocycles. The molecule has 0 N–H and O–H groups in total. The molecular formula is C20H22N2O3. The Morgan fingerprint density at radius 2 is 1.96 bits per heavy atom. The van der Waals surface area contributed by atoms with E-state index in [4.69, 9.17) is 9.47 Å². The van der Waals surface area contributed by atoms with Crippen LogP contribution in [0.25, 0.3) is 11.0 Å². The first-order valence-corrected chi connectivity index (χ1v) is 8.36. The van der Waals surface area contributed by atoms with Crippen molar-refractivity contribution in [3.05, 3.63) is 59.9 Å². The number of imidazole rings is 1. The normalized spacial score (nSPS) is 11.0. The molecule has 0 spiro atoms. The minimum atomic E-state index is -0.282. The van der Waals surface area contributed by atoms with E-state index in [1.807, 2.05) is 73.9 Å². The lowest BCUT2D eigenvalue weighted by molar-refractivity contribution is -0.148. The highest BCUT2D eigenvalue weighted by molar-refractivity contribution is 5.79. The Kier molecular flexibility index (Phi) is 5.03. The first-order chi connectivity index (χ1) is 12.0. The van der Waals surface area contributed by atoms with Crippen LogP contribution in [0.1, 0.15) is 25.2 Å². The lowest BCUT2D eigenvalue weighted by Crippen LogP contribution is -2.19. The summed E-state index contributed by atoms with van der Waals surface area (Å²) < 4.78 is 13.0. The van der Waals surface area contributed by atoms with E-state index in [0.717, 1.165) is 22.3 Å². The number of rotatable bonds is 6. The molecule has 5 nitrogen and oxygen atoms in total. The molecule has 0 unspecified atom stereocenters. The Morgan fingerprint density at radius 1 is 1.16 bits per heavy atom. The van der Waals surface area contributed by atoms with Crippen LogP contribution < -0.4 is 4.74 Å². The van der Waals surface area contributed by atoms with Crippen LogP contribution in [0.2, 0.25) is 0 Å². The number of aryl methyl sites for hydroxylation is 1. The molecule has 0 atom stereocenters. The number of aromatic nitrogens is 2. The lowest BCUT2D eigenvalue weighted by atomic mass is 10.2. The summed E-state index contributed by atoms with van der Waals surface area (Å²) in [6, 6.07) is 15.6. The van der Waals surface area contributed by atoms with E-state index < -0.39 is 0 Å². The molecular weight excluding hydrogens is 316 g/mol. The minimum Gasteiger partial charge on any atom is -0.486 e. The third-order valence-corrected chi connectivity index (χ3v) is 3.75. The second-order valence-corrected chi connectivity index (χ2v) is 6.25. The third kappa shape index (κ3) is 4.18. The van der Waals surface area contributed by atoms with Crippen molar-refractivity contribution in [1.82, 2.24) is 9.55 Å². The van der Waals surface area contributed by atoms with E-state index in [-0.39, 0.29) is 25.2 Å². The number of carbonyl (C=O) groups excluding carboxylic acids is 1. The first kappa shape index (κ1) is 17.0. The van der Waals surface area contributed by atoms with Crippen LogP contribution >= 0.6 is 0 Å². The summed E-state index contributed by atoms with van der Waals surface area (Å²) in [5, 5.41) is 0. The predicted octanol–water partition coefficient (Wildman–Crippen LogP) is 3.88. The van der Waals surface area contributed by atoms with E-state index in [0.29, 0.717) is 5.82 Å². The van der Waals surface area contributed by atoms with E-state index in [1.54, 1.807) is 0 Å². The topological polar surface area (TPSA) is 53.4 Å². The average molecular weight is 338 g/mol. The van der Waals surface area contributed by atoms with Crippen molar-refractivity contribution in [3.8, 4) is 5.75 Å². The van der Waals surface area contributed by atoms with E-state index >= 15 is 0 Å². The van der Waals surface area contributed by atoms with Gasteiger partial charge >= 0.3 is 5.97 Å². The van der Waals surface area contributed by atoms with Crippen molar-refractivity contribution in [1.29, 1.82) is 0 Å². The molecule has 5 heteroatoms. The van der Waals surface area contributed by atoms with Crippen molar-refractivity contribution in [2.24, 2.45) is 0 Å². The summed E-state index contributed by atoms with van der Waals surface area (Å²) >= 11 is 0. The molecule has 0 saturated heterocycles. The van der Waals surface area contributed by atoms with Crippen molar-refractivity contribution in [2.45, 2.75) is 40.0 Å². The molecule has 0 bridgehead atoms. The molecule has 0 fully saturated rings. The van der Waals surface area contributed by atoms with Gasteiger partial charge in [-0.3, -0.25) is 4.79 Å². The molecule has 0 aliphatic carbocycles. The standard InChI is InChI=1S/C20H22N2O3/c1-14(2)25-20(23)12-22-18-10-5-4-9-17(18)21-19(22)13-24-16-8-6-7-15(3)11-16/h4-11,14H,12-13H2,1-3H3. The van der Waals surface area contributed by atoms with Crippen LogP contribution in [0.5, 0.6) is 5.75 Å². The molecule has 25 heavy (non-hydrogen) atoms. The summed E-state index contributed by atoms with van der Waals surface area (Å²) in [4.78, 5) is 16.7. The van der Waals surface area contributed by atoms with Crippen LogP contribution in [-0.4, -0.2) is 21.6 Å². The molecule has 2 aromatic carbocycles. The summed E-state index contributed by atoms with van der Waals surface area (Å²) in [6.45, 7) is 6.10. The molecule has 3 aromatic rings. The smallest absolute Gasteiger partial charge is 0.326 e. The highest BCUT2D eigenvalue weighted by Gasteiger charge is 2.15. The summed E-state index contributed by atoms with van der Waals surface area (Å²) in [6.07, 6.45) is -0.144. The SMILES string of the molecule is Cc1cccc(OCc2nc3ccccc3n2CC(=O)OC(C)C)c1. The van der Waals surface area contributed by atoms with Gasteiger partial charge in [0.05, 0.1) is 17.1 Å². The zero-order chi connectivity index (χ0) is 17.8. The van der Waals surface area contributed by atoms with Gasteiger partial charge in [-0.2, -0.15) is 0 Å². The fraction of sp³-hybridized carbons (Fsp3) is 0.300. The van der Waals surface area contributed by atoms with Gasteiger partial charge in [0.2, 0.25) is 0 Å². The van der Waals surface area contributed by atoms with Gasteiger partial charge in [0.25, 0.3) is 0 Å². The molecule has 0 aliphatic heterocycles. The van der Waals surface area contributed by atoms with Crippen molar-refractivity contribution in [2.75, 3.05) is 0 Å². The minimum absolute atomic E-state index is 0.116. The number of fused-ring (bicyclic) bond motifs is 1. The maximum atomic E-state index is 12.1. The number of nitrogens with zero attached hydrogens (tertiary/aromatic N) is 2. The highest BCUT2D eigenvalue weighted by Crippen LogP contribution is 2.19. The van der Waals surface area contributed by atoms with Gasteiger partial charge in [0.15, 0.2) is 0 Å². The Hall–Kier alpha value is -2.82. The van der Waals surface area contributed by atoms with E-state index in [2.05, 4.69) is 4.98 Å². The number of hydrogen-bond donors (Lipinski definition) is 0. The molecule has 130 valence electrons. The number of hydrogen-bond acceptors (Lipinski definition) is 4. The summed E-state index contributed by atoms with van der Waals surface area (Å²) in [5.74, 6) is 1.20. The van der Waals surface area contributed by atoms with E-state index in [9.17, 15) is 4.79 Å². The molecule has 0 aliphatic rings. The van der Waals surface area contributed by atoms with Gasteiger partial charge in [0, 0.05) is 0 Å².